The lowest BCUT2D eigenvalue weighted by atomic mass is 9.83. The standard InChI is InChI=1S/C17H19N5/c1-22-10-15-16(19-11-20-17(15)21-22)18-9-13-7-4-6-12-5-2-3-8-14(12)13/h2-3,5,8,10-11,13H,4,6-7,9H2,1H3,(H,18,19,20,21). The molecule has 1 unspecified atom stereocenters. The summed E-state index contributed by atoms with van der Waals surface area (Å²) in [5, 5.41) is 8.82. The summed E-state index contributed by atoms with van der Waals surface area (Å²) in [6.07, 6.45) is 7.23. The molecule has 112 valence electrons. The van der Waals surface area contributed by atoms with Crippen molar-refractivity contribution < 1.29 is 0 Å². The van der Waals surface area contributed by atoms with E-state index in [2.05, 4.69) is 44.6 Å². The van der Waals surface area contributed by atoms with E-state index in [4.69, 9.17) is 0 Å². The highest BCUT2D eigenvalue weighted by Crippen LogP contribution is 2.31. The summed E-state index contributed by atoms with van der Waals surface area (Å²) < 4.78 is 1.78. The summed E-state index contributed by atoms with van der Waals surface area (Å²) in [5.41, 5.74) is 3.72. The number of anilines is 1. The van der Waals surface area contributed by atoms with Gasteiger partial charge in [-0.1, -0.05) is 24.3 Å². The molecule has 1 N–H and O–H groups in total. The Bertz CT molecular complexity index is 808. The van der Waals surface area contributed by atoms with Crippen molar-refractivity contribution in [2.75, 3.05) is 11.9 Å². The smallest absolute Gasteiger partial charge is 0.186 e. The predicted octanol–water partition coefficient (Wildman–Crippen LogP) is 2.90. The predicted molar refractivity (Wildman–Crippen MR) is 86.9 cm³/mol. The van der Waals surface area contributed by atoms with Crippen LogP contribution >= 0.6 is 0 Å². The molecule has 5 nitrogen and oxygen atoms in total. The fourth-order valence-electron chi connectivity index (χ4n) is 3.38. The van der Waals surface area contributed by atoms with Crippen molar-refractivity contribution in [2.24, 2.45) is 7.05 Å². The van der Waals surface area contributed by atoms with Gasteiger partial charge in [0.2, 0.25) is 0 Å². The summed E-state index contributed by atoms with van der Waals surface area (Å²) in [5.74, 6) is 1.42. The highest BCUT2D eigenvalue weighted by Gasteiger charge is 2.20. The molecule has 0 fully saturated rings. The van der Waals surface area contributed by atoms with E-state index in [0.717, 1.165) is 23.4 Å². The van der Waals surface area contributed by atoms with Crippen molar-refractivity contribution >= 4 is 16.9 Å². The zero-order valence-electron chi connectivity index (χ0n) is 12.7. The monoisotopic (exact) mass is 293 g/mol. The van der Waals surface area contributed by atoms with Crippen molar-refractivity contribution in [3.63, 3.8) is 0 Å². The van der Waals surface area contributed by atoms with Crippen LogP contribution in [0.1, 0.15) is 29.9 Å². The largest absolute Gasteiger partial charge is 0.369 e. The van der Waals surface area contributed by atoms with Crippen LogP contribution in [-0.4, -0.2) is 26.3 Å². The van der Waals surface area contributed by atoms with E-state index in [1.807, 2.05) is 13.2 Å². The van der Waals surface area contributed by atoms with Gasteiger partial charge < -0.3 is 5.32 Å². The van der Waals surface area contributed by atoms with Crippen molar-refractivity contribution in [3.8, 4) is 0 Å². The molecular formula is C17H19N5. The van der Waals surface area contributed by atoms with Crippen LogP contribution in [0.15, 0.2) is 36.8 Å². The summed E-state index contributed by atoms with van der Waals surface area (Å²) in [6.45, 7) is 0.901. The Labute approximate surface area is 129 Å². The summed E-state index contributed by atoms with van der Waals surface area (Å²) >= 11 is 0. The molecule has 0 amide bonds. The Morgan fingerprint density at radius 2 is 2.18 bits per heavy atom. The third kappa shape index (κ3) is 2.32. The van der Waals surface area contributed by atoms with Crippen molar-refractivity contribution in [2.45, 2.75) is 25.2 Å². The first-order chi connectivity index (χ1) is 10.8. The van der Waals surface area contributed by atoms with Crippen LogP contribution in [0.2, 0.25) is 0 Å². The zero-order valence-corrected chi connectivity index (χ0v) is 12.7. The summed E-state index contributed by atoms with van der Waals surface area (Å²) in [7, 11) is 1.91. The summed E-state index contributed by atoms with van der Waals surface area (Å²) in [4.78, 5) is 8.60. The fraction of sp³-hybridized carbons (Fsp3) is 0.353. The van der Waals surface area contributed by atoms with E-state index in [9.17, 15) is 0 Å². The topological polar surface area (TPSA) is 55.6 Å². The van der Waals surface area contributed by atoms with Crippen LogP contribution in [0, 0.1) is 0 Å². The number of nitrogens with zero attached hydrogens (tertiary/aromatic N) is 4. The lowest BCUT2D eigenvalue weighted by Crippen LogP contribution is -2.18. The van der Waals surface area contributed by atoms with Crippen molar-refractivity contribution in [1.82, 2.24) is 19.7 Å². The van der Waals surface area contributed by atoms with E-state index in [-0.39, 0.29) is 0 Å². The van der Waals surface area contributed by atoms with Crippen LogP contribution in [-0.2, 0) is 13.5 Å². The SMILES string of the molecule is Cn1cc2c(NCC3CCCc4ccccc43)ncnc2n1. The van der Waals surface area contributed by atoms with Crippen molar-refractivity contribution in [1.29, 1.82) is 0 Å². The molecule has 5 heteroatoms. The second-order valence-electron chi connectivity index (χ2n) is 5.93. The van der Waals surface area contributed by atoms with Crippen LogP contribution in [0.4, 0.5) is 5.82 Å². The molecule has 0 saturated heterocycles. The fourth-order valence-corrected chi connectivity index (χ4v) is 3.38. The van der Waals surface area contributed by atoms with Crippen LogP contribution in [0.25, 0.3) is 11.0 Å². The van der Waals surface area contributed by atoms with Gasteiger partial charge in [0.05, 0.1) is 5.39 Å². The van der Waals surface area contributed by atoms with Gasteiger partial charge in [-0.3, -0.25) is 4.68 Å². The molecule has 0 radical (unpaired) electrons. The van der Waals surface area contributed by atoms with Crippen LogP contribution in [0.5, 0.6) is 0 Å². The lowest BCUT2D eigenvalue weighted by Gasteiger charge is -2.25. The van der Waals surface area contributed by atoms with Gasteiger partial charge in [0, 0.05) is 25.7 Å². The van der Waals surface area contributed by atoms with Gasteiger partial charge in [-0.25, -0.2) is 9.97 Å². The lowest BCUT2D eigenvalue weighted by molar-refractivity contribution is 0.571. The third-order valence-electron chi connectivity index (χ3n) is 4.44. The van der Waals surface area contributed by atoms with Crippen molar-refractivity contribution in [3.05, 3.63) is 47.9 Å². The molecule has 1 aliphatic rings. The van der Waals surface area contributed by atoms with Gasteiger partial charge in [0.1, 0.15) is 12.1 Å². The quantitative estimate of drug-likeness (QED) is 0.806. The van der Waals surface area contributed by atoms with Crippen LogP contribution in [0.3, 0.4) is 0 Å². The normalized spacial score (nSPS) is 17.4. The number of aryl methyl sites for hydroxylation is 2. The van der Waals surface area contributed by atoms with Gasteiger partial charge in [-0.2, -0.15) is 5.10 Å². The first-order valence-corrected chi connectivity index (χ1v) is 7.77. The Balaban J connectivity index is 1.58. The number of hydrogen-bond donors (Lipinski definition) is 1. The first kappa shape index (κ1) is 13.2. The Kier molecular flexibility index (Phi) is 3.25. The molecule has 1 atom stereocenters. The maximum absolute atomic E-state index is 4.39. The average Bonchev–Trinajstić information content (AvgIpc) is 2.93. The van der Waals surface area contributed by atoms with Gasteiger partial charge in [-0.15, -0.1) is 0 Å². The number of rotatable bonds is 3. The minimum atomic E-state index is 0.548. The molecule has 0 aliphatic heterocycles. The highest BCUT2D eigenvalue weighted by molar-refractivity contribution is 5.85. The molecule has 4 rings (SSSR count). The van der Waals surface area contributed by atoms with E-state index in [1.165, 1.54) is 30.4 Å². The molecule has 0 bridgehead atoms. The number of fused-ring (bicyclic) bond motifs is 2. The summed E-state index contributed by atoms with van der Waals surface area (Å²) in [6, 6.07) is 8.80. The van der Waals surface area contributed by atoms with E-state index < -0.39 is 0 Å². The molecule has 3 aromatic rings. The molecule has 1 aromatic carbocycles. The maximum Gasteiger partial charge on any atom is 0.186 e. The molecule has 2 heterocycles. The highest BCUT2D eigenvalue weighted by atomic mass is 15.3. The minimum absolute atomic E-state index is 0.548. The number of benzene rings is 1. The van der Waals surface area contributed by atoms with E-state index in [1.54, 1.807) is 11.0 Å². The van der Waals surface area contributed by atoms with Gasteiger partial charge >= 0.3 is 0 Å². The number of aromatic nitrogens is 4. The number of hydrogen-bond acceptors (Lipinski definition) is 4. The van der Waals surface area contributed by atoms with E-state index in [0.29, 0.717) is 5.92 Å². The Morgan fingerprint density at radius 1 is 1.27 bits per heavy atom. The maximum atomic E-state index is 4.39. The van der Waals surface area contributed by atoms with Gasteiger partial charge in [-0.05, 0) is 30.4 Å². The molecule has 22 heavy (non-hydrogen) atoms. The average molecular weight is 293 g/mol. The number of nitrogens with one attached hydrogen (secondary N) is 1. The van der Waals surface area contributed by atoms with Crippen LogP contribution < -0.4 is 5.32 Å². The molecule has 2 aromatic heterocycles. The van der Waals surface area contributed by atoms with E-state index >= 15 is 0 Å². The Morgan fingerprint density at radius 3 is 3.14 bits per heavy atom. The third-order valence-corrected chi connectivity index (χ3v) is 4.44. The molecule has 0 saturated carbocycles. The second-order valence-corrected chi connectivity index (χ2v) is 5.93. The molecule has 1 aliphatic carbocycles. The molecule has 0 spiro atoms. The molecular weight excluding hydrogens is 274 g/mol. The Hall–Kier alpha value is -2.43. The van der Waals surface area contributed by atoms with Gasteiger partial charge in [0.25, 0.3) is 0 Å². The zero-order chi connectivity index (χ0) is 14.9. The van der Waals surface area contributed by atoms with Gasteiger partial charge in [0.15, 0.2) is 5.65 Å². The second kappa shape index (κ2) is 5.40. The minimum Gasteiger partial charge on any atom is -0.369 e. The first-order valence-electron chi connectivity index (χ1n) is 7.77.